The first-order valence-corrected chi connectivity index (χ1v) is 12.1. The molecule has 0 radical (unpaired) electrons. The zero-order valence-corrected chi connectivity index (χ0v) is 18.0. The molecule has 0 saturated heterocycles. The molecule has 0 aromatic carbocycles. The molecule has 1 unspecified atom stereocenters. The predicted octanol–water partition coefficient (Wildman–Crippen LogP) is 7.25. The predicted molar refractivity (Wildman–Crippen MR) is 114 cm³/mol. The first kappa shape index (κ1) is 24.5. The summed E-state index contributed by atoms with van der Waals surface area (Å²) < 4.78 is 0. The Morgan fingerprint density at radius 1 is 0.741 bits per heavy atom. The standard InChI is InChI=1S/C24H46O3/c1-2-3-4-5-6-7-8-9-10-11-12-13-14-16-19-22(23(25)26)24(27)20-17-15-18-21-24/h22,27H,2-21H2,1H3,(H,25,26). The van der Waals surface area contributed by atoms with Gasteiger partial charge >= 0.3 is 5.97 Å². The molecule has 1 atom stereocenters. The molecular formula is C24H46O3. The van der Waals surface area contributed by atoms with Crippen molar-refractivity contribution in [1.82, 2.24) is 0 Å². The van der Waals surface area contributed by atoms with E-state index < -0.39 is 17.5 Å². The van der Waals surface area contributed by atoms with Gasteiger partial charge in [-0.1, -0.05) is 116 Å². The summed E-state index contributed by atoms with van der Waals surface area (Å²) in [6, 6.07) is 0. The zero-order chi connectivity index (χ0) is 19.8. The van der Waals surface area contributed by atoms with Gasteiger partial charge in [-0.3, -0.25) is 4.79 Å². The molecule has 3 heteroatoms. The average molecular weight is 383 g/mol. The lowest BCUT2D eigenvalue weighted by Crippen LogP contribution is -2.44. The SMILES string of the molecule is CCCCCCCCCCCCCCCCC(C(=O)O)C1(O)CCCCC1. The van der Waals surface area contributed by atoms with E-state index in [9.17, 15) is 15.0 Å². The number of hydrogen-bond donors (Lipinski definition) is 2. The molecule has 2 N–H and O–H groups in total. The van der Waals surface area contributed by atoms with Gasteiger partial charge in [0.05, 0.1) is 11.5 Å². The molecule has 0 aromatic heterocycles. The second-order valence-electron chi connectivity index (χ2n) is 8.94. The molecule has 0 bridgehead atoms. The molecule has 0 aliphatic heterocycles. The molecule has 0 spiro atoms. The van der Waals surface area contributed by atoms with Crippen molar-refractivity contribution in [2.45, 2.75) is 141 Å². The number of aliphatic carboxylic acids is 1. The van der Waals surface area contributed by atoms with Crippen LogP contribution in [0.4, 0.5) is 0 Å². The maximum Gasteiger partial charge on any atom is 0.309 e. The summed E-state index contributed by atoms with van der Waals surface area (Å²) in [5.74, 6) is -1.36. The van der Waals surface area contributed by atoms with Gasteiger partial charge in [0, 0.05) is 0 Å². The van der Waals surface area contributed by atoms with Crippen LogP contribution in [0.25, 0.3) is 0 Å². The second kappa shape index (κ2) is 15.4. The number of rotatable bonds is 17. The first-order valence-electron chi connectivity index (χ1n) is 12.1. The lowest BCUT2D eigenvalue weighted by Gasteiger charge is -2.37. The molecule has 0 heterocycles. The minimum atomic E-state index is -0.944. The summed E-state index contributed by atoms with van der Waals surface area (Å²) in [7, 11) is 0. The third kappa shape index (κ3) is 11.1. The van der Waals surface area contributed by atoms with Crippen LogP contribution in [-0.2, 0) is 4.79 Å². The molecular weight excluding hydrogens is 336 g/mol. The van der Waals surface area contributed by atoms with E-state index in [0.29, 0.717) is 19.3 Å². The number of aliphatic hydroxyl groups is 1. The molecule has 1 rings (SSSR count). The fourth-order valence-electron chi connectivity index (χ4n) is 4.68. The molecule has 0 amide bonds. The van der Waals surface area contributed by atoms with Gasteiger partial charge in [0.2, 0.25) is 0 Å². The number of unbranched alkanes of at least 4 members (excludes halogenated alkanes) is 13. The van der Waals surface area contributed by atoms with Gasteiger partial charge in [-0.15, -0.1) is 0 Å². The molecule has 3 nitrogen and oxygen atoms in total. The summed E-state index contributed by atoms with van der Waals surface area (Å²) in [5, 5.41) is 20.3. The maximum atomic E-state index is 11.6. The van der Waals surface area contributed by atoms with Gasteiger partial charge < -0.3 is 10.2 Å². The fraction of sp³-hybridized carbons (Fsp3) is 0.958. The monoisotopic (exact) mass is 382 g/mol. The molecule has 1 saturated carbocycles. The van der Waals surface area contributed by atoms with Crippen molar-refractivity contribution in [1.29, 1.82) is 0 Å². The number of carboxylic acids is 1. The first-order chi connectivity index (χ1) is 13.1. The van der Waals surface area contributed by atoms with Crippen molar-refractivity contribution < 1.29 is 15.0 Å². The van der Waals surface area contributed by atoms with Gasteiger partial charge in [0.15, 0.2) is 0 Å². The molecule has 160 valence electrons. The largest absolute Gasteiger partial charge is 0.481 e. The van der Waals surface area contributed by atoms with E-state index in [2.05, 4.69) is 6.92 Å². The summed E-state index contributed by atoms with van der Waals surface area (Å²) in [5.41, 5.74) is -0.944. The number of carbonyl (C=O) groups is 1. The Hall–Kier alpha value is -0.570. The Morgan fingerprint density at radius 3 is 1.56 bits per heavy atom. The van der Waals surface area contributed by atoms with E-state index in [1.54, 1.807) is 0 Å². The smallest absolute Gasteiger partial charge is 0.309 e. The van der Waals surface area contributed by atoms with Crippen LogP contribution in [0.3, 0.4) is 0 Å². The van der Waals surface area contributed by atoms with Crippen LogP contribution >= 0.6 is 0 Å². The quantitative estimate of drug-likeness (QED) is 0.260. The van der Waals surface area contributed by atoms with Crippen molar-refractivity contribution in [3.63, 3.8) is 0 Å². The van der Waals surface area contributed by atoms with Gasteiger partial charge in [-0.25, -0.2) is 0 Å². The highest BCUT2D eigenvalue weighted by Gasteiger charge is 2.41. The highest BCUT2D eigenvalue weighted by molar-refractivity contribution is 5.71. The van der Waals surface area contributed by atoms with E-state index in [1.807, 2.05) is 0 Å². The Balaban J connectivity index is 1.96. The van der Waals surface area contributed by atoms with Crippen molar-refractivity contribution in [3.05, 3.63) is 0 Å². The second-order valence-corrected chi connectivity index (χ2v) is 8.94. The zero-order valence-electron chi connectivity index (χ0n) is 18.0. The Labute approximate surface area is 168 Å². The minimum absolute atomic E-state index is 0.560. The average Bonchev–Trinajstić information content (AvgIpc) is 2.65. The van der Waals surface area contributed by atoms with E-state index in [0.717, 1.165) is 32.1 Å². The maximum absolute atomic E-state index is 11.6. The fourth-order valence-corrected chi connectivity index (χ4v) is 4.68. The van der Waals surface area contributed by atoms with Crippen LogP contribution in [0.15, 0.2) is 0 Å². The highest BCUT2D eigenvalue weighted by Crippen LogP contribution is 2.37. The number of hydrogen-bond acceptors (Lipinski definition) is 2. The molecule has 0 aromatic rings. The van der Waals surface area contributed by atoms with E-state index >= 15 is 0 Å². The lowest BCUT2D eigenvalue weighted by atomic mass is 9.73. The van der Waals surface area contributed by atoms with Crippen molar-refractivity contribution >= 4 is 5.97 Å². The van der Waals surface area contributed by atoms with Crippen LogP contribution in [0.2, 0.25) is 0 Å². The van der Waals surface area contributed by atoms with Crippen LogP contribution < -0.4 is 0 Å². The Kier molecular flexibility index (Phi) is 13.9. The molecule has 1 aliphatic rings. The highest BCUT2D eigenvalue weighted by atomic mass is 16.4. The minimum Gasteiger partial charge on any atom is -0.481 e. The number of carboxylic acid groups (broad SMARTS) is 1. The van der Waals surface area contributed by atoms with Crippen LogP contribution in [0, 0.1) is 5.92 Å². The van der Waals surface area contributed by atoms with E-state index in [1.165, 1.54) is 77.0 Å². The topological polar surface area (TPSA) is 57.5 Å². The van der Waals surface area contributed by atoms with Crippen LogP contribution in [0.5, 0.6) is 0 Å². The van der Waals surface area contributed by atoms with Gasteiger partial charge in [0.25, 0.3) is 0 Å². The third-order valence-electron chi connectivity index (χ3n) is 6.51. The van der Waals surface area contributed by atoms with E-state index in [4.69, 9.17) is 0 Å². The van der Waals surface area contributed by atoms with E-state index in [-0.39, 0.29) is 0 Å². The third-order valence-corrected chi connectivity index (χ3v) is 6.51. The van der Waals surface area contributed by atoms with Crippen LogP contribution in [0.1, 0.15) is 135 Å². The summed E-state index contributed by atoms with van der Waals surface area (Å²) in [6.07, 6.45) is 23.4. The van der Waals surface area contributed by atoms with Gasteiger partial charge in [0.1, 0.15) is 0 Å². The van der Waals surface area contributed by atoms with Crippen molar-refractivity contribution in [2.24, 2.45) is 5.92 Å². The normalized spacial score (nSPS) is 17.7. The van der Waals surface area contributed by atoms with Crippen molar-refractivity contribution in [3.8, 4) is 0 Å². The summed E-state index contributed by atoms with van der Waals surface area (Å²) in [4.78, 5) is 11.6. The Bertz CT molecular complexity index is 361. The molecule has 1 aliphatic carbocycles. The van der Waals surface area contributed by atoms with Crippen LogP contribution in [-0.4, -0.2) is 21.8 Å². The molecule has 27 heavy (non-hydrogen) atoms. The lowest BCUT2D eigenvalue weighted by molar-refractivity contribution is -0.155. The molecule has 1 fully saturated rings. The summed E-state index contributed by atoms with van der Waals surface area (Å²) in [6.45, 7) is 2.27. The Morgan fingerprint density at radius 2 is 1.15 bits per heavy atom. The summed E-state index contributed by atoms with van der Waals surface area (Å²) >= 11 is 0. The van der Waals surface area contributed by atoms with Crippen molar-refractivity contribution in [2.75, 3.05) is 0 Å². The van der Waals surface area contributed by atoms with Gasteiger partial charge in [-0.2, -0.15) is 0 Å². The van der Waals surface area contributed by atoms with Gasteiger partial charge in [-0.05, 0) is 19.3 Å².